The molecule has 4 nitrogen and oxygen atoms in total. The molecule has 0 atom stereocenters. The van der Waals surface area contributed by atoms with Crippen molar-refractivity contribution in [3.63, 3.8) is 0 Å². The second kappa shape index (κ2) is 8.54. The van der Waals surface area contributed by atoms with E-state index in [1.54, 1.807) is 24.3 Å². The molecule has 0 saturated heterocycles. The van der Waals surface area contributed by atoms with Gasteiger partial charge in [0.05, 0.1) is 0 Å². The Morgan fingerprint density at radius 3 is 3.00 bits per heavy atom. The van der Waals surface area contributed by atoms with Crippen LogP contribution in [0.1, 0.15) is 19.3 Å². The van der Waals surface area contributed by atoms with Gasteiger partial charge in [0.25, 0.3) is 0 Å². The number of benzene rings is 1. The van der Waals surface area contributed by atoms with Gasteiger partial charge in [0.2, 0.25) is 5.91 Å². The minimum Gasteiger partial charge on any atom is -0.479 e. The van der Waals surface area contributed by atoms with Crippen LogP contribution >= 0.6 is 15.9 Å². The fourth-order valence-electron chi connectivity index (χ4n) is 1.38. The van der Waals surface area contributed by atoms with Gasteiger partial charge < -0.3 is 10.1 Å². The number of amides is 1. The molecule has 0 saturated carbocycles. The van der Waals surface area contributed by atoms with Crippen molar-refractivity contribution in [2.24, 2.45) is 0 Å². The van der Waals surface area contributed by atoms with Crippen LogP contribution in [0.3, 0.4) is 0 Å². The molecular formula is C13H15BrN2O2. The van der Waals surface area contributed by atoms with Crippen LogP contribution in [-0.4, -0.2) is 17.8 Å². The number of nitriles is 1. The first-order valence-corrected chi connectivity index (χ1v) is 6.84. The maximum absolute atomic E-state index is 11.6. The van der Waals surface area contributed by atoms with Crippen LogP contribution in [0.25, 0.3) is 0 Å². The Hall–Kier alpha value is -1.54. The molecule has 18 heavy (non-hydrogen) atoms. The second-order valence-electron chi connectivity index (χ2n) is 3.67. The lowest BCUT2D eigenvalue weighted by Gasteiger charge is -2.07. The molecule has 0 fully saturated rings. The zero-order chi connectivity index (χ0) is 13.2. The van der Waals surface area contributed by atoms with Crippen molar-refractivity contribution in [3.05, 3.63) is 24.3 Å². The highest BCUT2D eigenvalue weighted by Crippen LogP contribution is 2.17. The first-order chi connectivity index (χ1) is 8.76. The van der Waals surface area contributed by atoms with Crippen molar-refractivity contribution < 1.29 is 9.53 Å². The average Bonchev–Trinajstić information content (AvgIpc) is 2.37. The molecule has 0 radical (unpaired) electrons. The van der Waals surface area contributed by atoms with E-state index in [-0.39, 0.29) is 12.5 Å². The van der Waals surface area contributed by atoms with Gasteiger partial charge in [-0.2, -0.15) is 5.26 Å². The van der Waals surface area contributed by atoms with E-state index < -0.39 is 0 Å². The standard InChI is InChI=1S/C13H15BrN2O2/c14-7-2-1-6-13(17)16-11-4-3-5-12(10-11)18-9-8-15/h3-5,10H,1-2,6-7,9H2,(H,16,17). The highest BCUT2D eigenvalue weighted by molar-refractivity contribution is 9.09. The Kier molecular flexibility index (Phi) is 6.89. The monoisotopic (exact) mass is 310 g/mol. The van der Waals surface area contributed by atoms with Crippen LogP contribution in [-0.2, 0) is 4.79 Å². The summed E-state index contributed by atoms with van der Waals surface area (Å²) in [6.45, 7) is 0.00263. The third-order valence-corrected chi connectivity index (χ3v) is 2.77. The lowest BCUT2D eigenvalue weighted by molar-refractivity contribution is -0.116. The number of anilines is 1. The lowest BCUT2D eigenvalue weighted by Crippen LogP contribution is -2.11. The normalized spacial score (nSPS) is 9.56. The predicted octanol–water partition coefficient (Wildman–Crippen LogP) is 3.09. The number of carbonyl (C=O) groups excluding carboxylic acids is 1. The number of rotatable bonds is 7. The second-order valence-corrected chi connectivity index (χ2v) is 4.46. The van der Waals surface area contributed by atoms with E-state index >= 15 is 0 Å². The van der Waals surface area contributed by atoms with Gasteiger partial charge in [0.15, 0.2) is 6.61 Å². The fraction of sp³-hybridized carbons (Fsp3) is 0.385. The molecule has 1 N–H and O–H groups in total. The highest BCUT2D eigenvalue weighted by Gasteiger charge is 2.03. The summed E-state index contributed by atoms with van der Waals surface area (Å²) in [4.78, 5) is 11.6. The van der Waals surface area contributed by atoms with Crippen molar-refractivity contribution in [3.8, 4) is 11.8 Å². The summed E-state index contributed by atoms with van der Waals surface area (Å²) >= 11 is 3.33. The Balaban J connectivity index is 2.46. The van der Waals surface area contributed by atoms with Gasteiger partial charge >= 0.3 is 0 Å². The van der Waals surface area contributed by atoms with Crippen LogP contribution in [0.4, 0.5) is 5.69 Å². The fourth-order valence-corrected chi connectivity index (χ4v) is 1.78. The maximum Gasteiger partial charge on any atom is 0.224 e. The van der Waals surface area contributed by atoms with E-state index in [9.17, 15) is 4.79 Å². The summed E-state index contributed by atoms with van der Waals surface area (Å²) in [5, 5.41) is 12.1. The maximum atomic E-state index is 11.6. The summed E-state index contributed by atoms with van der Waals surface area (Å²) in [6.07, 6.45) is 2.36. The van der Waals surface area contributed by atoms with E-state index in [0.717, 1.165) is 18.2 Å². The first-order valence-electron chi connectivity index (χ1n) is 5.72. The summed E-state index contributed by atoms with van der Waals surface area (Å²) in [5.74, 6) is 0.572. The summed E-state index contributed by atoms with van der Waals surface area (Å²) in [7, 11) is 0. The molecule has 5 heteroatoms. The molecule has 0 unspecified atom stereocenters. The van der Waals surface area contributed by atoms with E-state index in [0.29, 0.717) is 17.9 Å². The zero-order valence-corrected chi connectivity index (χ0v) is 11.6. The van der Waals surface area contributed by atoms with Crippen molar-refractivity contribution in [2.75, 3.05) is 17.3 Å². The molecule has 0 spiro atoms. The van der Waals surface area contributed by atoms with Gasteiger partial charge in [-0.3, -0.25) is 4.79 Å². The number of nitrogens with zero attached hydrogens (tertiary/aromatic N) is 1. The third-order valence-electron chi connectivity index (χ3n) is 2.21. The number of ether oxygens (including phenoxy) is 1. The minimum atomic E-state index is -0.00613. The summed E-state index contributed by atoms with van der Waals surface area (Å²) in [6, 6.07) is 8.92. The molecule has 0 aliphatic rings. The van der Waals surface area contributed by atoms with Gasteiger partial charge in [-0.1, -0.05) is 22.0 Å². The SMILES string of the molecule is N#CCOc1cccc(NC(=O)CCCCBr)c1. The third kappa shape index (κ3) is 5.69. The summed E-state index contributed by atoms with van der Waals surface area (Å²) in [5.41, 5.74) is 0.689. The predicted molar refractivity (Wildman–Crippen MR) is 73.8 cm³/mol. The van der Waals surface area contributed by atoms with E-state index in [4.69, 9.17) is 10.00 Å². The van der Waals surface area contributed by atoms with E-state index in [1.807, 2.05) is 6.07 Å². The number of alkyl halides is 1. The van der Waals surface area contributed by atoms with Gasteiger partial charge in [-0.15, -0.1) is 0 Å². The molecule has 96 valence electrons. The van der Waals surface area contributed by atoms with Gasteiger partial charge in [0, 0.05) is 23.5 Å². The molecule has 0 heterocycles. The van der Waals surface area contributed by atoms with Crippen molar-refractivity contribution in [1.29, 1.82) is 5.26 Å². The Morgan fingerprint density at radius 2 is 2.28 bits per heavy atom. The number of carbonyl (C=O) groups is 1. The van der Waals surface area contributed by atoms with Gasteiger partial charge in [0.1, 0.15) is 11.8 Å². The molecule has 0 aliphatic heterocycles. The van der Waals surface area contributed by atoms with Crippen molar-refractivity contribution in [1.82, 2.24) is 0 Å². The quantitative estimate of drug-likeness (QED) is 0.622. The minimum absolute atomic E-state index is 0.00263. The molecule has 1 aromatic rings. The smallest absolute Gasteiger partial charge is 0.224 e. The van der Waals surface area contributed by atoms with Crippen LogP contribution in [0.5, 0.6) is 5.75 Å². The van der Waals surface area contributed by atoms with Crippen LogP contribution in [0.15, 0.2) is 24.3 Å². The van der Waals surface area contributed by atoms with E-state index in [2.05, 4.69) is 21.2 Å². The molecule has 0 bridgehead atoms. The zero-order valence-electron chi connectivity index (χ0n) is 9.99. The largest absolute Gasteiger partial charge is 0.479 e. The molecule has 1 rings (SSSR count). The number of nitrogens with one attached hydrogen (secondary N) is 1. The molecular weight excluding hydrogens is 296 g/mol. The van der Waals surface area contributed by atoms with Crippen LogP contribution < -0.4 is 10.1 Å². The van der Waals surface area contributed by atoms with Crippen LogP contribution in [0, 0.1) is 11.3 Å². The number of hydrogen-bond acceptors (Lipinski definition) is 3. The Bertz CT molecular complexity index is 429. The highest BCUT2D eigenvalue weighted by atomic mass is 79.9. The average molecular weight is 311 g/mol. The topological polar surface area (TPSA) is 62.1 Å². The number of unbranched alkanes of at least 4 members (excludes halogenated alkanes) is 1. The molecule has 1 aromatic carbocycles. The molecule has 0 aliphatic carbocycles. The van der Waals surface area contributed by atoms with Crippen LogP contribution in [0.2, 0.25) is 0 Å². The van der Waals surface area contributed by atoms with E-state index in [1.165, 1.54) is 0 Å². The van der Waals surface area contributed by atoms with Gasteiger partial charge in [-0.05, 0) is 25.0 Å². The summed E-state index contributed by atoms with van der Waals surface area (Å²) < 4.78 is 5.16. The molecule has 0 aromatic heterocycles. The first kappa shape index (κ1) is 14.5. The van der Waals surface area contributed by atoms with Crippen molar-refractivity contribution >= 4 is 27.5 Å². The molecule has 1 amide bonds. The number of halogens is 1. The Morgan fingerprint density at radius 1 is 1.44 bits per heavy atom. The Labute approximate surface area is 115 Å². The van der Waals surface area contributed by atoms with Gasteiger partial charge in [-0.25, -0.2) is 0 Å². The number of hydrogen-bond donors (Lipinski definition) is 1. The van der Waals surface area contributed by atoms with Crippen molar-refractivity contribution in [2.45, 2.75) is 19.3 Å². The lowest BCUT2D eigenvalue weighted by atomic mass is 10.2.